The summed E-state index contributed by atoms with van der Waals surface area (Å²) in [4.78, 5) is 16.1. The van der Waals surface area contributed by atoms with Crippen LogP contribution in [0.5, 0.6) is 0 Å². The van der Waals surface area contributed by atoms with Gasteiger partial charge < -0.3 is 10.1 Å². The van der Waals surface area contributed by atoms with Crippen LogP contribution in [0.1, 0.15) is 5.56 Å². The Hall–Kier alpha value is -1.77. The lowest BCUT2D eigenvalue weighted by Crippen LogP contribution is -2.49. The topological polar surface area (TPSA) is 81.1 Å². The van der Waals surface area contributed by atoms with E-state index in [1.807, 2.05) is 24.3 Å². The van der Waals surface area contributed by atoms with E-state index in [1.165, 1.54) is 0 Å². The van der Waals surface area contributed by atoms with Crippen LogP contribution in [0, 0.1) is 0 Å². The normalized spacial score (nSPS) is 18.1. The van der Waals surface area contributed by atoms with Gasteiger partial charge in [-0.1, -0.05) is 28.1 Å². The number of hydrogen-bond donors (Lipinski definition) is 2. The molecule has 116 valence electrons. The van der Waals surface area contributed by atoms with E-state index in [9.17, 15) is 4.79 Å². The van der Waals surface area contributed by atoms with Gasteiger partial charge in [-0.2, -0.15) is 0 Å². The Morgan fingerprint density at radius 3 is 3.23 bits per heavy atom. The van der Waals surface area contributed by atoms with Crippen molar-refractivity contribution in [3.63, 3.8) is 0 Å². The minimum absolute atomic E-state index is 0.181. The fourth-order valence-corrected chi connectivity index (χ4v) is 2.63. The second-order valence-corrected chi connectivity index (χ2v) is 5.88. The second kappa shape index (κ2) is 6.99. The zero-order valence-corrected chi connectivity index (χ0v) is 13.4. The number of amides is 1. The standard InChI is InChI=1S/C14H16BrN5O2/c15-11-3-1-2-10(6-11)7-20-9-17-14(19-20)18-13(21)12-8-22-5-4-16-12/h1-3,6,9,12,16H,4-5,7-8H2,(H,18,19,21). The van der Waals surface area contributed by atoms with Gasteiger partial charge in [0.15, 0.2) is 0 Å². The van der Waals surface area contributed by atoms with Crippen molar-refractivity contribution in [2.24, 2.45) is 0 Å². The highest BCUT2D eigenvalue weighted by atomic mass is 79.9. The summed E-state index contributed by atoms with van der Waals surface area (Å²) in [7, 11) is 0. The smallest absolute Gasteiger partial charge is 0.248 e. The van der Waals surface area contributed by atoms with E-state index in [0.29, 0.717) is 32.3 Å². The average Bonchev–Trinajstić information content (AvgIpc) is 2.95. The predicted molar refractivity (Wildman–Crippen MR) is 84.5 cm³/mol. The molecule has 2 heterocycles. The van der Waals surface area contributed by atoms with Crippen molar-refractivity contribution in [3.8, 4) is 0 Å². The number of benzene rings is 1. The Bertz CT molecular complexity index is 654. The van der Waals surface area contributed by atoms with Gasteiger partial charge >= 0.3 is 0 Å². The molecule has 2 N–H and O–H groups in total. The van der Waals surface area contributed by atoms with E-state index < -0.39 is 0 Å². The number of carbonyl (C=O) groups excluding carboxylic acids is 1. The zero-order valence-electron chi connectivity index (χ0n) is 11.8. The number of aromatic nitrogens is 3. The van der Waals surface area contributed by atoms with Gasteiger partial charge in [0.05, 0.1) is 19.8 Å². The van der Waals surface area contributed by atoms with Crippen LogP contribution < -0.4 is 10.6 Å². The average molecular weight is 366 g/mol. The molecule has 1 saturated heterocycles. The minimum atomic E-state index is -0.356. The van der Waals surface area contributed by atoms with E-state index in [-0.39, 0.29) is 11.9 Å². The molecule has 7 nitrogen and oxygen atoms in total. The van der Waals surface area contributed by atoms with Crippen molar-refractivity contribution in [3.05, 3.63) is 40.6 Å². The first-order valence-corrected chi connectivity index (χ1v) is 7.76. The molecule has 1 unspecified atom stereocenters. The molecule has 3 rings (SSSR count). The van der Waals surface area contributed by atoms with Gasteiger partial charge in [0.25, 0.3) is 0 Å². The van der Waals surface area contributed by atoms with Crippen LogP contribution in [-0.2, 0) is 16.1 Å². The number of morpholine rings is 1. The van der Waals surface area contributed by atoms with E-state index >= 15 is 0 Å². The fraction of sp³-hybridized carbons (Fsp3) is 0.357. The highest BCUT2D eigenvalue weighted by Gasteiger charge is 2.22. The maximum Gasteiger partial charge on any atom is 0.248 e. The molecule has 0 saturated carbocycles. The number of hydrogen-bond acceptors (Lipinski definition) is 5. The molecule has 22 heavy (non-hydrogen) atoms. The number of anilines is 1. The molecular formula is C14H16BrN5O2. The molecule has 1 aliphatic rings. The predicted octanol–water partition coefficient (Wildman–Crippen LogP) is 1.02. The highest BCUT2D eigenvalue weighted by molar-refractivity contribution is 9.10. The molecule has 2 aromatic rings. The van der Waals surface area contributed by atoms with Crippen molar-refractivity contribution in [1.82, 2.24) is 20.1 Å². The number of rotatable bonds is 4. The molecule has 0 aliphatic carbocycles. The van der Waals surface area contributed by atoms with Crippen molar-refractivity contribution in [2.75, 3.05) is 25.1 Å². The van der Waals surface area contributed by atoms with E-state index in [0.717, 1.165) is 10.0 Å². The van der Waals surface area contributed by atoms with Gasteiger partial charge in [0, 0.05) is 11.0 Å². The van der Waals surface area contributed by atoms with Crippen molar-refractivity contribution in [2.45, 2.75) is 12.6 Å². The molecular weight excluding hydrogens is 350 g/mol. The summed E-state index contributed by atoms with van der Waals surface area (Å²) in [6.07, 6.45) is 1.60. The van der Waals surface area contributed by atoms with Gasteiger partial charge in [-0.15, -0.1) is 5.10 Å². The Morgan fingerprint density at radius 2 is 2.45 bits per heavy atom. The van der Waals surface area contributed by atoms with Crippen molar-refractivity contribution >= 4 is 27.8 Å². The van der Waals surface area contributed by atoms with Crippen LogP contribution in [-0.4, -0.2) is 46.5 Å². The largest absolute Gasteiger partial charge is 0.378 e. The summed E-state index contributed by atoms with van der Waals surface area (Å²) in [5.74, 6) is 0.118. The summed E-state index contributed by atoms with van der Waals surface area (Å²) in [5, 5.41) is 10.0. The van der Waals surface area contributed by atoms with Crippen LogP contribution in [0.4, 0.5) is 5.95 Å². The fourth-order valence-electron chi connectivity index (χ4n) is 2.18. The molecule has 1 atom stereocenters. The van der Waals surface area contributed by atoms with Crippen LogP contribution in [0.2, 0.25) is 0 Å². The first kappa shape index (κ1) is 15.1. The van der Waals surface area contributed by atoms with Crippen LogP contribution in [0.25, 0.3) is 0 Å². The lowest BCUT2D eigenvalue weighted by Gasteiger charge is -2.22. The third-order valence-corrected chi connectivity index (χ3v) is 3.74. The van der Waals surface area contributed by atoms with Crippen LogP contribution in [0.15, 0.2) is 35.1 Å². The quantitative estimate of drug-likeness (QED) is 0.845. The molecule has 1 aliphatic heterocycles. The molecule has 1 aromatic heterocycles. The molecule has 0 radical (unpaired) electrons. The van der Waals surface area contributed by atoms with E-state index in [1.54, 1.807) is 11.0 Å². The lowest BCUT2D eigenvalue weighted by molar-refractivity contribution is -0.120. The van der Waals surface area contributed by atoms with Crippen molar-refractivity contribution < 1.29 is 9.53 Å². The first-order chi connectivity index (χ1) is 10.7. The number of carbonyl (C=O) groups is 1. The van der Waals surface area contributed by atoms with Gasteiger partial charge in [-0.05, 0) is 17.7 Å². The summed E-state index contributed by atoms with van der Waals surface area (Å²) < 4.78 is 7.96. The van der Waals surface area contributed by atoms with Gasteiger partial charge in [-0.3, -0.25) is 10.1 Å². The maximum atomic E-state index is 12.0. The maximum absolute atomic E-state index is 12.0. The van der Waals surface area contributed by atoms with Gasteiger partial charge in [0.1, 0.15) is 12.4 Å². The third kappa shape index (κ3) is 3.90. The summed E-state index contributed by atoms with van der Waals surface area (Å²) in [6.45, 7) is 2.25. The van der Waals surface area contributed by atoms with E-state index in [2.05, 4.69) is 36.6 Å². The lowest BCUT2D eigenvalue weighted by atomic mass is 10.2. The number of ether oxygens (including phenoxy) is 1. The van der Waals surface area contributed by atoms with Gasteiger partial charge in [0.2, 0.25) is 11.9 Å². The minimum Gasteiger partial charge on any atom is -0.378 e. The monoisotopic (exact) mass is 365 g/mol. The first-order valence-electron chi connectivity index (χ1n) is 6.96. The van der Waals surface area contributed by atoms with E-state index in [4.69, 9.17) is 4.74 Å². The summed E-state index contributed by atoms with van der Waals surface area (Å²) >= 11 is 3.44. The molecule has 8 heteroatoms. The second-order valence-electron chi connectivity index (χ2n) is 4.97. The Balaban J connectivity index is 1.60. The molecule has 1 aromatic carbocycles. The van der Waals surface area contributed by atoms with Crippen LogP contribution in [0.3, 0.4) is 0 Å². The Labute approximate surface area is 136 Å². The summed E-state index contributed by atoms with van der Waals surface area (Å²) in [6, 6.07) is 7.60. The third-order valence-electron chi connectivity index (χ3n) is 3.24. The molecule has 1 fully saturated rings. The number of nitrogens with one attached hydrogen (secondary N) is 2. The summed E-state index contributed by atoms with van der Waals surface area (Å²) in [5.41, 5.74) is 1.10. The molecule has 0 spiro atoms. The Morgan fingerprint density at radius 1 is 1.55 bits per heavy atom. The van der Waals surface area contributed by atoms with Crippen LogP contribution >= 0.6 is 15.9 Å². The highest BCUT2D eigenvalue weighted by Crippen LogP contribution is 2.12. The van der Waals surface area contributed by atoms with Gasteiger partial charge in [-0.25, -0.2) is 9.67 Å². The number of halogens is 1. The Kier molecular flexibility index (Phi) is 4.81. The molecule has 0 bridgehead atoms. The number of nitrogens with zero attached hydrogens (tertiary/aromatic N) is 3. The van der Waals surface area contributed by atoms with Crippen molar-refractivity contribution in [1.29, 1.82) is 0 Å². The SMILES string of the molecule is O=C(Nc1ncn(Cc2cccc(Br)c2)n1)C1COCCN1. The zero-order chi connectivity index (χ0) is 15.4. The molecule has 1 amide bonds.